The van der Waals surface area contributed by atoms with Gasteiger partial charge in [-0.3, -0.25) is 0 Å². The van der Waals surface area contributed by atoms with Crippen molar-refractivity contribution < 1.29 is 39.4 Å². The van der Waals surface area contributed by atoms with Crippen LogP contribution in [-0.2, 0) is 18.9 Å². The number of hydrogen-bond donors (Lipinski definition) is 4. The van der Waals surface area contributed by atoms with Crippen LogP contribution in [0.2, 0.25) is 0 Å². The van der Waals surface area contributed by atoms with Crippen molar-refractivity contribution in [3.05, 3.63) is 46.6 Å². The first-order valence-electron chi connectivity index (χ1n) is 20.6. The summed E-state index contributed by atoms with van der Waals surface area (Å²) in [5.74, 6) is 0. The van der Waals surface area contributed by atoms with E-state index in [0.29, 0.717) is 0 Å². The average Bonchev–Trinajstić information content (AvgIpc) is 3.12. The monoisotopic (exact) mass is 737 g/mol. The first-order chi connectivity index (χ1) is 24.8. The highest BCUT2D eigenvalue weighted by Crippen LogP contribution is 2.29. The fraction of sp³-hybridized carbons (Fsp3) is 0.818. The second kappa shape index (κ2) is 28.1. The van der Waals surface area contributed by atoms with Gasteiger partial charge in [-0.05, 0) is 145 Å². The molecule has 4 aliphatic rings. The van der Waals surface area contributed by atoms with Gasteiger partial charge in [-0.15, -0.1) is 0 Å². The average molecular weight is 737 g/mol. The lowest BCUT2D eigenvalue weighted by atomic mass is 9.90. The van der Waals surface area contributed by atoms with E-state index >= 15 is 0 Å². The van der Waals surface area contributed by atoms with Crippen molar-refractivity contribution in [2.45, 2.75) is 220 Å². The molecule has 4 N–H and O–H groups in total. The molecule has 4 saturated carbocycles. The largest absolute Gasteiger partial charge is 0.390 e. The van der Waals surface area contributed by atoms with Gasteiger partial charge in [-0.25, -0.2) is 0 Å². The van der Waals surface area contributed by atoms with Gasteiger partial charge in [-0.1, -0.05) is 60.4 Å². The van der Waals surface area contributed by atoms with E-state index in [1.165, 1.54) is 22.3 Å². The number of aliphatic hydroxyl groups is 4. The zero-order chi connectivity index (χ0) is 39.1. The van der Waals surface area contributed by atoms with Gasteiger partial charge in [0.1, 0.15) is 0 Å². The molecule has 4 fully saturated rings. The molecule has 4 aliphatic carbocycles. The van der Waals surface area contributed by atoms with Crippen molar-refractivity contribution in [3.63, 3.8) is 0 Å². The molecule has 8 unspecified atom stereocenters. The van der Waals surface area contributed by atoms with E-state index in [1.807, 2.05) is 41.5 Å². The number of allylic oxidation sites excluding steroid dienone is 4. The fourth-order valence-electron chi connectivity index (χ4n) is 7.03. The third kappa shape index (κ3) is 19.8. The molecule has 304 valence electrons. The van der Waals surface area contributed by atoms with Crippen LogP contribution in [0.1, 0.15) is 159 Å². The van der Waals surface area contributed by atoms with Crippen LogP contribution in [0.15, 0.2) is 46.6 Å². The standard InChI is InChI=1S/4C11H20O2/c2*1-4-9-5-6-10(12)11(7-9)13-8(2)3;2*1-3-7-13-11-6-5-9(4-2)8-10(11)12/h2*4,8,10-12H,5-7H2,1-3H3;2*4,10-12H,3,5-8H2,1-2H3/b9-4+;9-4-;9-4+;9-4-. The Morgan fingerprint density at radius 1 is 0.481 bits per heavy atom. The van der Waals surface area contributed by atoms with Gasteiger partial charge in [0.05, 0.1) is 61.0 Å². The van der Waals surface area contributed by atoms with Crippen LogP contribution < -0.4 is 0 Å². The topological polar surface area (TPSA) is 118 Å². The number of ether oxygens (including phenoxy) is 4. The maximum absolute atomic E-state index is 9.73. The molecule has 0 radical (unpaired) electrons. The van der Waals surface area contributed by atoms with Crippen LogP contribution in [0.5, 0.6) is 0 Å². The minimum Gasteiger partial charge on any atom is -0.390 e. The molecular weight excluding hydrogens is 656 g/mol. The van der Waals surface area contributed by atoms with Crippen LogP contribution in [0.3, 0.4) is 0 Å². The molecule has 0 saturated heterocycles. The molecule has 0 aliphatic heterocycles. The summed E-state index contributed by atoms with van der Waals surface area (Å²) in [5.41, 5.74) is 5.56. The summed E-state index contributed by atoms with van der Waals surface area (Å²) in [6.45, 7) is 21.9. The molecule has 0 heterocycles. The minimum atomic E-state index is -0.286. The van der Waals surface area contributed by atoms with Gasteiger partial charge in [-0.2, -0.15) is 0 Å². The molecule has 0 bridgehead atoms. The second-order valence-electron chi connectivity index (χ2n) is 15.3. The normalized spacial score (nSPS) is 32.6. The van der Waals surface area contributed by atoms with Gasteiger partial charge < -0.3 is 39.4 Å². The Morgan fingerprint density at radius 2 is 0.788 bits per heavy atom. The third-order valence-corrected chi connectivity index (χ3v) is 10.2. The molecule has 52 heavy (non-hydrogen) atoms. The lowest BCUT2D eigenvalue weighted by molar-refractivity contribution is -0.0739. The van der Waals surface area contributed by atoms with Crippen molar-refractivity contribution in [2.75, 3.05) is 13.2 Å². The molecule has 0 spiro atoms. The Morgan fingerprint density at radius 3 is 1.06 bits per heavy atom. The van der Waals surface area contributed by atoms with E-state index < -0.39 is 0 Å². The van der Waals surface area contributed by atoms with Gasteiger partial charge in [0, 0.05) is 13.2 Å². The molecular formula is C44H80O8. The fourth-order valence-corrected chi connectivity index (χ4v) is 7.03. The summed E-state index contributed by atoms with van der Waals surface area (Å²) in [7, 11) is 0. The van der Waals surface area contributed by atoms with E-state index in [1.54, 1.807) is 0 Å². The molecule has 0 aromatic rings. The summed E-state index contributed by atoms with van der Waals surface area (Å²) in [4.78, 5) is 0. The van der Waals surface area contributed by atoms with Crippen LogP contribution in [0, 0.1) is 0 Å². The number of hydrogen-bond acceptors (Lipinski definition) is 8. The van der Waals surface area contributed by atoms with E-state index in [0.717, 1.165) is 103 Å². The zero-order valence-corrected chi connectivity index (χ0v) is 34.8. The predicted molar refractivity (Wildman–Crippen MR) is 215 cm³/mol. The maximum Gasteiger partial charge on any atom is 0.0874 e. The molecule has 0 amide bonds. The first-order valence-corrected chi connectivity index (χ1v) is 20.6. The Hall–Kier alpha value is -1.36. The van der Waals surface area contributed by atoms with Gasteiger partial charge in [0.2, 0.25) is 0 Å². The first kappa shape index (κ1) is 48.7. The molecule has 4 rings (SSSR count). The Balaban J connectivity index is 0.000000347. The van der Waals surface area contributed by atoms with Crippen molar-refractivity contribution in [1.29, 1.82) is 0 Å². The third-order valence-electron chi connectivity index (χ3n) is 10.2. The number of rotatable bonds is 10. The summed E-state index contributed by atoms with van der Waals surface area (Å²) in [5, 5.41) is 38.8. The summed E-state index contributed by atoms with van der Waals surface area (Å²) in [6.07, 6.45) is 21.3. The van der Waals surface area contributed by atoms with Crippen LogP contribution in [0.4, 0.5) is 0 Å². The van der Waals surface area contributed by atoms with E-state index in [2.05, 4.69) is 52.0 Å². The zero-order valence-electron chi connectivity index (χ0n) is 34.8. The molecule has 8 atom stereocenters. The lowest BCUT2D eigenvalue weighted by Crippen LogP contribution is -2.35. The highest BCUT2D eigenvalue weighted by atomic mass is 16.5. The predicted octanol–water partition coefficient (Wildman–Crippen LogP) is 9.09. The highest BCUT2D eigenvalue weighted by molar-refractivity contribution is 5.09. The van der Waals surface area contributed by atoms with Crippen molar-refractivity contribution in [3.8, 4) is 0 Å². The van der Waals surface area contributed by atoms with Crippen LogP contribution in [0.25, 0.3) is 0 Å². The number of aliphatic hydroxyl groups excluding tert-OH is 4. The van der Waals surface area contributed by atoms with Crippen molar-refractivity contribution in [2.24, 2.45) is 0 Å². The van der Waals surface area contributed by atoms with E-state index in [-0.39, 0.29) is 61.0 Å². The second-order valence-corrected chi connectivity index (χ2v) is 15.3. The Bertz CT molecular complexity index is 965. The summed E-state index contributed by atoms with van der Waals surface area (Å²) in [6, 6.07) is 0. The van der Waals surface area contributed by atoms with Crippen LogP contribution in [-0.4, -0.2) is 94.7 Å². The lowest BCUT2D eigenvalue weighted by Gasteiger charge is -2.30. The molecule has 0 aromatic carbocycles. The SMILES string of the molecule is C/C=C1/CCC(O)C(OC(C)C)C1.C/C=C1/CCC(OCCC)C(O)C1.C/C=C1\CCC(O)C(OC(C)C)C1.C/C=C1\CCC(OCCC)C(O)C1. The minimum absolute atomic E-state index is 0.0138. The molecule has 8 nitrogen and oxygen atoms in total. The molecule has 0 aromatic heterocycles. The van der Waals surface area contributed by atoms with E-state index in [4.69, 9.17) is 18.9 Å². The van der Waals surface area contributed by atoms with Gasteiger partial charge in [0.15, 0.2) is 0 Å². The maximum atomic E-state index is 9.73. The van der Waals surface area contributed by atoms with Gasteiger partial charge >= 0.3 is 0 Å². The van der Waals surface area contributed by atoms with Crippen molar-refractivity contribution in [1.82, 2.24) is 0 Å². The summed E-state index contributed by atoms with van der Waals surface area (Å²) >= 11 is 0. The summed E-state index contributed by atoms with van der Waals surface area (Å²) < 4.78 is 22.4. The Kier molecular flexibility index (Phi) is 26.3. The van der Waals surface area contributed by atoms with E-state index in [9.17, 15) is 20.4 Å². The van der Waals surface area contributed by atoms with Crippen molar-refractivity contribution >= 4 is 0 Å². The highest BCUT2D eigenvalue weighted by Gasteiger charge is 2.28. The Labute approximate surface area is 318 Å². The quantitative estimate of drug-likeness (QED) is 0.164. The van der Waals surface area contributed by atoms with Crippen LogP contribution >= 0.6 is 0 Å². The smallest absolute Gasteiger partial charge is 0.0874 e. The van der Waals surface area contributed by atoms with Gasteiger partial charge in [0.25, 0.3) is 0 Å². The molecule has 8 heteroatoms.